The molecule has 1 rings (SSSR count). The van der Waals surface area contributed by atoms with E-state index >= 15 is 0 Å². The summed E-state index contributed by atoms with van der Waals surface area (Å²) in [7, 11) is 0. The standard InChI is InChI=1S/C9H7BrN2O3/c10-9-8(5-15-6-14)12-7(4-11-9)2-1-3-13/h4,6,13H,3,5H2. The molecule has 0 spiro atoms. The highest BCUT2D eigenvalue weighted by Gasteiger charge is 2.04. The first-order valence-corrected chi connectivity index (χ1v) is 4.73. The number of carbonyl (C=O) groups is 1. The SMILES string of the molecule is O=COCc1nc(C#CCO)cnc1Br. The second-order valence-corrected chi connectivity index (χ2v) is 3.11. The molecule has 0 radical (unpaired) electrons. The van der Waals surface area contributed by atoms with E-state index in [0.717, 1.165) is 0 Å². The van der Waals surface area contributed by atoms with Crippen LogP contribution in [0.1, 0.15) is 11.4 Å². The van der Waals surface area contributed by atoms with Crippen molar-refractivity contribution in [2.24, 2.45) is 0 Å². The number of ether oxygens (including phenoxy) is 1. The van der Waals surface area contributed by atoms with Crippen LogP contribution < -0.4 is 0 Å². The number of rotatable bonds is 3. The topological polar surface area (TPSA) is 72.3 Å². The Hall–Kier alpha value is -1.45. The number of aliphatic hydroxyl groups is 1. The van der Waals surface area contributed by atoms with Crippen molar-refractivity contribution in [2.45, 2.75) is 6.61 Å². The van der Waals surface area contributed by atoms with Crippen LogP contribution >= 0.6 is 15.9 Å². The minimum atomic E-state index is -0.238. The number of hydrogen-bond donors (Lipinski definition) is 1. The Bertz CT molecular complexity index is 412. The molecule has 0 aromatic carbocycles. The van der Waals surface area contributed by atoms with Crippen molar-refractivity contribution >= 4 is 22.4 Å². The van der Waals surface area contributed by atoms with Gasteiger partial charge in [0.15, 0.2) is 0 Å². The molecule has 0 saturated heterocycles. The summed E-state index contributed by atoms with van der Waals surface area (Å²) in [5, 5.41) is 8.49. The summed E-state index contributed by atoms with van der Waals surface area (Å²) < 4.78 is 5.05. The normalized spacial score (nSPS) is 8.93. The summed E-state index contributed by atoms with van der Waals surface area (Å²) in [5.74, 6) is 5.04. The monoisotopic (exact) mass is 270 g/mol. The van der Waals surface area contributed by atoms with Gasteiger partial charge in [-0.2, -0.15) is 0 Å². The van der Waals surface area contributed by atoms with E-state index in [1.165, 1.54) is 6.20 Å². The van der Waals surface area contributed by atoms with Gasteiger partial charge in [0.25, 0.3) is 6.47 Å². The minimum Gasteiger partial charge on any atom is -0.461 e. The Morgan fingerprint density at radius 1 is 1.67 bits per heavy atom. The van der Waals surface area contributed by atoms with Gasteiger partial charge in [-0.1, -0.05) is 5.92 Å². The molecule has 0 atom stereocenters. The Morgan fingerprint density at radius 2 is 2.47 bits per heavy atom. The Balaban J connectivity index is 2.89. The first-order chi connectivity index (χ1) is 7.27. The number of nitrogens with zero attached hydrogens (tertiary/aromatic N) is 2. The molecule has 1 aromatic heterocycles. The molecule has 1 heterocycles. The zero-order valence-corrected chi connectivity index (χ0v) is 9.19. The fourth-order valence-corrected chi connectivity index (χ4v) is 1.11. The fourth-order valence-electron chi connectivity index (χ4n) is 0.808. The molecule has 0 bridgehead atoms. The average Bonchev–Trinajstić information content (AvgIpc) is 2.26. The molecular weight excluding hydrogens is 264 g/mol. The van der Waals surface area contributed by atoms with Crippen LogP contribution in [0.5, 0.6) is 0 Å². The highest BCUT2D eigenvalue weighted by Crippen LogP contribution is 2.11. The van der Waals surface area contributed by atoms with E-state index in [1.807, 2.05) is 0 Å². The molecule has 0 aliphatic rings. The lowest BCUT2D eigenvalue weighted by atomic mass is 10.4. The number of carbonyl (C=O) groups excluding carboxylic acids is 1. The lowest BCUT2D eigenvalue weighted by Gasteiger charge is -2.01. The maximum absolute atomic E-state index is 10.00. The lowest BCUT2D eigenvalue weighted by Crippen LogP contribution is -1.99. The van der Waals surface area contributed by atoms with Gasteiger partial charge in [-0.05, 0) is 21.9 Å². The Morgan fingerprint density at radius 3 is 3.13 bits per heavy atom. The molecule has 1 N–H and O–H groups in total. The largest absolute Gasteiger partial charge is 0.461 e. The first kappa shape index (κ1) is 11.6. The molecule has 0 unspecified atom stereocenters. The zero-order valence-electron chi connectivity index (χ0n) is 7.61. The summed E-state index contributed by atoms with van der Waals surface area (Å²) in [4.78, 5) is 18.0. The zero-order chi connectivity index (χ0) is 11.1. The lowest BCUT2D eigenvalue weighted by molar-refractivity contribution is -0.129. The number of hydrogen-bond acceptors (Lipinski definition) is 5. The number of halogens is 1. The van der Waals surface area contributed by atoms with Crippen molar-refractivity contribution in [1.29, 1.82) is 0 Å². The van der Waals surface area contributed by atoms with Crippen molar-refractivity contribution in [1.82, 2.24) is 9.97 Å². The molecule has 78 valence electrons. The summed E-state index contributed by atoms with van der Waals surface area (Å²) in [5.41, 5.74) is 0.892. The van der Waals surface area contributed by atoms with E-state index in [4.69, 9.17) is 5.11 Å². The molecule has 0 fully saturated rings. The second kappa shape index (κ2) is 6.11. The van der Waals surface area contributed by atoms with Crippen LogP contribution in [0, 0.1) is 11.8 Å². The van der Waals surface area contributed by atoms with Crippen LogP contribution in [0.3, 0.4) is 0 Å². The van der Waals surface area contributed by atoms with Gasteiger partial charge in [-0.25, -0.2) is 9.97 Å². The van der Waals surface area contributed by atoms with Gasteiger partial charge in [0.05, 0.1) is 6.20 Å². The third-order valence-corrected chi connectivity index (χ3v) is 2.04. The van der Waals surface area contributed by atoms with Crippen LogP contribution in [-0.2, 0) is 16.1 Å². The van der Waals surface area contributed by atoms with Gasteiger partial charge in [-0.15, -0.1) is 0 Å². The maximum Gasteiger partial charge on any atom is 0.293 e. The Kier molecular flexibility index (Phi) is 4.74. The Labute approximate surface area is 94.6 Å². The van der Waals surface area contributed by atoms with Gasteiger partial charge in [0.1, 0.15) is 29.2 Å². The summed E-state index contributed by atoms with van der Waals surface area (Å²) in [6.07, 6.45) is 1.46. The number of aromatic nitrogens is 2. The third-order valence-electron chi connectivity index (χ3n) is 1.38. The van der Waals surface area contributed by atoms with E-state index in [0.29, 0.717) is 22.5 Å². The maximum atomic E-state index is 10.00. The van der Waals surface area contributed by atoms with Crippen LogP contribution in [0.2, 0.25) is 0 Å². The number of aliphatic hydroxyl groups excluding tert-OH is 1. The average molecular weight is 271 g/mol. The molecule has 0 saturated carbocycles. The van der Waals surface area contributed by atoms with E-state index < -0.39 is 0 Å². The highest BCUT2D eigenvalue weighted by atomic mass is 79.9. The quantitative estimate of drug-likeness (QED) is 0.630. The van der Waals surface area contributed by atoms with Gasteiger partial charge in [0, 0.05) is 0 Å². The van der Waals surface area contributed by atoms with Gasteiger partial charge in [0.2, 0.25) is 0 Å². The second-order valence-electron chi connectivity index (χ2n) is 2.36. The smallest absolute Gasteiger partial charge is 0.293 e. The van der Waals surface area contributed by atoms with E-state index in [2.05, 4.69) is 42.5 Å². The van der Waals surface area contributed by atoms with Crippen molar-refractivity contribution in [3.8, 4) is 11.8 Å². The molecule has 0 aliphatic heterocycles. The first-order valence-electron chi connectivity index (χ1n) is 3.94. The van der Waals surface area contributed by atoms with Crippen molar-refractivity contribution in [3.63, 3.8) is 0 Å². The van der Waals surface area contributed by atoms with E-state index in [-0.39, 0.29) is 13.2 Å². The van der Waals surface area contributed by atoms with E-state index in [1.54, 1.807) is 0 Å². The molecule has 6 heteroatoms. The summed E-state index contributed by atoms with van der Waals surface area (Å²) in [6, 6.07) is 0. The van der Waals surface area contributed by atoms with E-state index in [9.17, 15) is 4.79 Å². The molecular formula is C9H7BrN2O3. The summed E-state index contributed by atoms with van der Waals surface area (Å²) >= 11 is 3.16. The predicted octanol–water partition coefficient (Wildman–Crippen LogP) is 0.256. The molecule has 0 amide bonds. The van der Waals surface area contributed by atoms with Gasteiger partial charge < -0.3 is 9.84 Å². The van der Waals surface area contributed by atoms with Crippen molar-refractivity contribution in [2.75, 3.05) is 6.61 Å². The van der Waals surface area contributed by atoms with Crippen LogP contribution in [-0.4, -0.2) is 28.2 Å². The van der Waals surface area contributed by atoms with Crippen LogP contribution in [0.4, 0.5) is 0 Å². The van der Waals surface area contributed by atoms with Gasteiger partial charge >= 0.3 is 0 Å². The van der Waals surface area contributed by atoms with Gasteiger partial charge in [-0.3, -0.25) is 4.79 Å². The summed E-state index contributed by atoms with van der Waals surface area (Å²) in [6.45, 7) is 0.129. The predicted molar refractivity (Wildman–Crippen MR) is 54.5 cm³/mol. The highest BCUT2D eigenvalue weighted by molar-refractivity contribution is 9.10. The minimum absolute atomic E-state index is 0.0335. The van der Waals surface area contributed by atoms with Crippen LogP contribution in [0.25, 0.3) is 0 Å². The molecule has 0 aliphatic carbocycles. The molecule has 15 heavy (non-hydrogen) atoms. The molecule has 1 aromatic rings. The van der Waals surface area contributed by atoms with Crippen molar-refractivity contribution in [3.05, 3.63) is 22.2 Å². The molecule has 5 nitrogen and oxygen atoms in total. The third kappa shape index (κ3) is 3.65. The van der Waals surface area contributed by atoms with Crippen molar-refractivity contribution < 1.29 is 14.6 Å². The van der Waals surface area contributed by atoms with Crippen LogP contribution in [0.15, 0.2) is 10.8 Å². The fraction of sp³-hybridized carbons (Fsp3) is 0.222.